The van der Waals surface area contributed by atoms with Crippen molar-refractivity contribution < 1.29 is 9.53 Å². The third-order valence-electron chi connectivity index (χ3n) is 0.998. The fraction of sp³-hybridized carbons (Fsp3) is 0.167. The summed E-state index contributed by atoms with van der Waals surface area (Å²) in [5, 5.41) is 0. The van der Waals surface area contributed by atoms with Crippen molar-refractivity contribution in [2.45, 2.75) is 6.10 Å². The number of ether oxygens (including phenoxy) is 1. The molecule has 0 bridgehead atoms. The Kier molecular flexibility index (Phi) is 1.62. The molecule has 0 saturated carbocycles. The standard InChI is InChI=1S/C6H5O2S/c1-4(7)6-5(9)2-3-8-6/h2-3,6H,1H2. The summed E-state index contributed by atoms with van der Waals surface area (Å²) in [5.74, 6) is -0.287. The highest BCUT2D eigenvalue weighted by Gasteiger charge is 2.21. The van der Waals surface area contributed by atoms with Gasteiger partial charge in [0.05, 0.1) is 11.1 Å². The van der Waals surface area contributed by atoms with E-state index < -0.39 is 6.10 Å². The molecular formula is C6H5O2S. The van der Waals surface area contributed by atoms with E-state index in [0.29, 0.717) is 4.86 Å². The fourth-order valence-electron chi connectivity index (χ4n) is 0.574. The van der Waals surface area contributed by atoms with Crippen LogP contribution in [0.1, 0.15) is 0 Å². The third-order valence-corrected chi connectivity index (χ3v) is 1.35. The predicted octanol–water partition coefficient (Wildman–Crippen LogP) is 0.672. The van der Waals surface area contributed by atoms with Crippen LogP contribution in [0, 0.1) is 6.92 Å². The zero-order valence-corrected chi connectivity index (χ0v) is 5.48. The van der Waals surface area contributed by atoms with Gasteiger partial charge in [0.1, 0.15) is 0 Å². The van der Waals surface area contributed by atoms with Gasteiger partial charge < -0.3 is 4.74 Å². The van der Waals surface area contributed by atoms with Crippen LogP contribution in [0.15, 0.2) is 12.3 Å². The van der Waals surface area contributed by atoms with E-state index in [9.17, 15) is 4.79 Å². The summed E-state index contributed by atoms with van der Waals surface area (Å²) in [7, 11) is 0. The molecule has 1 rings (SSSR count). The highest BCUT2D eigenvalue weighted by molar-refractivity contribution is 7.81. The molecule has 1 atom stereocenters. The van der Waals surface area contributed by atoms with E-state index in [1.54, 1.807) is 6.08 Å². The minimum atomic E-state index is -0.597. The van der Waals surface area contributed by atoms with Crippen molar-refractivity contribution in [2.75, 3.05) is 0 Å². The van der Waals surface area contributed by atoms with E-state index in [-0.39, 0.29) is 5.78 Å². The van der Waals surface area contributed by atoms with Crippen LogP contribution in [0.3, 0.4) is 0 Å². The third kappa shape index (κ3) is 1.16. The first-order chi connectivity index (χ1) is 4.22. The molecular weight excluding hydrogens is 136 g/mol. The first-order valence-corrected chi connectivity index (χ1v) is 2.84. The van der Waals surface area contributed by atoms with Crippen LogP contribution < -0.4 is 0 Å². The summed E-state index contributed by atoms with van der Waals surface area (Å²) in [6.07, 6.45) is 2.40. The van der Waals surface area contributed by atoms with Crippen molar-refractivity contribution in [3.8, 4) is 0 Å². The van der Waals surface area contributed by atoms with Gasteiger partial charge in [-0.2, -0.15) is 0 Å². The van der Waals surface area contributed by atoms with Crippen LogP contribution in [0.5, 0.6) is 0 Å². The van der Waals surface area contributed by atoms with Crippen LogP contribution in [0.2, 0.25) is 0 Å². The lowest BCUT2D eigenvalue weighted by Gasteiger charge is -2.03. The van der Waals surface area contributed by atoms with Crippen molar-refractivity contribution >= 4 is 22.9 Å². The Morgan fingerprint density at radius 2 is 2.56 bits per heavy atom. The molecule has 0 saturated heterocycles. The SMILES string of the molecule is [CH2]C(=O)C1OC=CC1=S. The molecule has 0 fully saturated rings. The molecule has 0 aromatic rings. The maximum absolute atomic E-state index is 10.5. The number of hydrogen-bond donors (Lipinski definition) is 0. The molecule has 47 valence electrons. The summed E-state index contributed by atoms with van der Waals surface area (Å²) in [6.45, 7) is 3.18. The number of ketones is 1. The molecule has 1 radical (unpaired) electrons. The molecule has 1 unspecified atom stereocenters. The van der Waals surface area contributed by atoms with Gasteiger partial charge in [0.15, 0.2) is 11.9 Å². The van der Waals surface area contributed by atoms with Gasteiger partial charge in [0, 0.05) is 6.92 Å². The van der Waals surface area contributed by atoms with Crippen LogP contribution in [0.25, 0.3) is 0 Å². The highest BCUT2D eigenvalue weighted by Crippen LogP contribution is 2.06. The van der Waals surface area contributed by atoms with Crippen LogP contribution in [-0.2, 0) is 9.53 Å². The van der Waals surface area contributed by atoms with E-state index in [2.05, 4.69) is 6.92 Å². The molecule has 9 heavy (non-hydrogen) atoms. The predicted molar refractivity (Wildman–Crippen MR) is 37.0 cm³/mol. The normalized spacial score (nSPS) is 24.1. The zero-order valence-electron chi connectivity index (χ0n) is 4.66. The molecule has 1 aliphatic heterocycles. The number of carbonyl (C=O) groups is 1. The van der Waals surface area contributed by atoms with Gasteiger partial charge in [-0.3, -0.25) is 4.79 Å². The lowest BCUT2D eigenvalue weighted by molar-refractivity contribution is -0.119. The first kappa shape index (κ1) is 6.42. The first-order valence-electron chi connectivity index (χ1n) is 2.43. The second kappa shape index (κ2) is 2.27. The maximum Gasteiger partial charge on any atom is 0.191 e. The number of thiocarbonyl (C=S) groups is 1. The largest absolute Gasteiger partial charge is 0.485 e. The number of hydrogen-bond acceptors (Lipinski definition) is 3. The minimum absolute atomic E-state index is 0.287. The van der Waals surface area contributed by atoms with Gasteiger partial charge in [-0.25, -0.2) is 0 Å². The van der Waals surface area contributed by atoms with Gasteiger partial charge in [-0.1, -0.05) is 12.2 Å². The molecule has 0 aliphatic carbocycles. The molecule has 3 heteroatoms. The zero-order chi connectivity index (χ0) is 6.85. The Balaban J connectivity index is 2.66. The number of Topliss-reactive ketones (excluding diaryl/α,β-unsaturated/α-hetero) is 1. The average Bonchev–Trinajstić information content (AvgIpc) is 2.13. The lowest BCUT2D eigenvalue weighted by atomic mass is 10.2. The van der Waals surface area contributed by atoms with E-state index in [4.69, 9.17) is 17.0 Å². The van der Waals surface area contributed by atoms with Crippen molar-refractivity contribution in [1.82, 2.24) is 0 Å². The molecule has 0 amide bonds. The maximum atomic E-state index is 10.5. The summed E-state index contributed by atoms with van der Waals surface area (Å²) in [4.78, 5) is 11.0. The molecule has 0 spiro atoms. The van der Waals surface area contributed by atoms with Crippen LogP contribution >= 0.6 is 12.2 Å². The Hall–Kier alpha value is -0.700. The lowest BCUT2D eigenvalue weighted by Crippen LogP contribution is -2.23. The minimum Gasteiger partial charge on any atom is -0.485 e. The Bertz CT molecular complexity index is 183. The second-order valence-electron chi connectivity index (χ2n) is 1.69. The van der Waals surface area contributed by atoms with Gasteiger partial charge in [-0.05, 0) is 6.08 Å². The number of carbonyl (C=O) groups excluding carboxylic acids is 1. The Morgan fingerprint density at radius 1 is 1.89 bits per heavy atom. The molecule has 1 aliphatic rings. The van der Waals surface area contributed by atoms with E-state index in [0.717, 1.165) is 0 Å². The smallest absolute Gasteiger partial charge is 0.191 e. The fourth-order valence-corrected chi connectivity index (χ4v) is 0.816. The monoisotopic (exact) mass is 141 g/mol. The van der Waals surface area contributed by atoms with E-state index in [1.165, 1.54) is 6.26 Å². The van der Waals surface area contributed by atoms with Crippen molar-refractivity contribution in [1.29, 1.82) is 0 Å². The van der Waals surface area contributed by atoms with Crippen molar-refractivity contribution in [2.24, 2.45) is 0 Å². The highest BCUT2D eigenvalue weighted by atomic mass is 32.1. The number of rotatable bonds is 1. The molecule has 0 N–H and O–H groups in total. The summed E-state index contributed by atoms with van der Waals surface area (Å²) in [5.41, 5.74) is 0. The Labute approximate surface area is 58.5 Å². The van der Waals surface area contributed by atoms with Gasteiger partial charge >= 0.3 is 0 Å². The van der Waals surface area contributed by atoms with Crippen molar-refractivity contribution in [3.05, 3.63) is 19.3 Å². The van der Waals surface area contributed by atoms with Crippen LogP contribution in [0.4, 0.5) is 0 Å². The summed E-state index contributed by atoms with van der Waals surface area (Å²) < 4.78 is 4.79. The summed E-state index contributed by atoms with van der Waals surface area (Å²) in [6, 6.07) is 0. The van der Waals surface area contributed by atoms with Gasteiger partial charge in [0.25, 0.3) is 0 Å². The molecule has 1 heterocycles. The second-order valence-corrected chi connectivity index (χ2v) is 2.16. The quantitative estimate of drug-likeness (QED) is 0.502. The topological polar surface area (TPSA) is 26.3 Å². The van der Waals surface area contributed by atoms with E-state index in [1.807, 2.05) is 0 Å². The van der Waals surface area contributed by atoms with Crippen molar-refractivity contribution in [3.63, 3.8) is 0 Å². The molecule has 0 aromatic heterocycles. The van der Waals surface area contributed by atoms with Crippen LogP contribution in [-0.4, -0.2) is 16.8 Å². The average molecular weight is 141 g/mol. The van der Waals surface area contributed by atoms with Gasteiger partial charge in [-0.15, -0.1) is 0 Å². The molecule has 0 aromatic carbocycles. The molecule has 2 nitrogen and oxygen atoms in total. The summed E-state index contributed by atoms with van der Waals surface area (Å²) >= 11 is 4.74. The Morgan fingerprint density at radius 3 is 2.78 bits per heavy atom. The van der Waals surface area contributed by atoms with E-state index >= 15 is 0 Å². The van der Waals surface area contributed by atoms with Gasteiger partial charge in [0.2, 0.25) is 0 Å².